The summed E-state index contributed by atoms with van der Waals surface area (Å²) in [5.74, 6) is 2.55. The number of hydrogen-bond donors (Lipinski definition) is 1. The fourth-order valence-corrected chi connectivity index (χ4v) is 1.79. The molecule has 0 amide bonds. The van der Waals surface area contributed by atoms with Crippen LogP contribution in [0.25, 0.3) is 0 Å². The summed E-state index contributed by atoms with van der Waals surface area (Å²) in [7, 11) is 0. The summed E-state index contributed by atoms with van der Waals surface area (Å²) in [5.41, 5.74) is 1.25. The average Bonchev–Trinajstić information content (AvgIpc) is 2.37. The van der Waals surface area contributed by atoms with Crippen LogP contribution in [0.4, 0.5) is 11.4 Å². The SMILES string of the molecule is C#CCN(CCC)c1ccc([N+](=O)[O-])cc1CO. The smallest absolute Gasteiger partial charge is 0.269 e. The number of non-ortho nitro benzene ring substituents is 1. The first kappa shape index (κ1) is 14.0. The van der Waals surface area contributed by atoms with E-state index in [2.05, 4.69) is 5.92 Å². The van der Waals surface area contributed by atoms with E-state index in [1.54, 1.807) is 6.07 Å². The van der Waals surface area contributed by atoms with Gasteiger partial charge >= 0.3 is 0 Å². The Bertz CT molecular complexity index is 466. The molecular formula is C13H16N2O3. The summed E-state index contributed by atoms with van der Waals surface area (Å²) in [4.78, 5) is 12.1. The van der Waals surface area contributed by atoms with Crippen LogP contribution in [0.5, 0.6) is 0 Å². The summed E-state index contributed by atoms with van der Waals surface area (Å²) >= 11 is 0. The van der Waals surface area contributed by atoms with Gasteiger partial charge in [-0.1, -0.05) is 12.8 Å². The number of nitro benzene ring substituents is 1. The van der Waals surface area contributed by atoms with Crippen molar-refractivity contribution < 1.29 is 10.0 Å². The molecule has 0 radical (unpaired) electrons. The number of anilines is 1. The zero-order valence-corrected chi connectivity index (χ0v) is 10.3. The van der Waals surface area contributed by atoms with Gasteiger partial charge in [-0.3, -0.25) is 10.1 Å². The fraction of sp³-hybridized carbons (Fsp3) is 0.385. The van der Waals surface area contributed by atoms with E-state index in [9.17, 15) is 15.2 Å². The van der Waals surface area contributed by atoms with Crippen LogP contribution in [0.3, 0.4) is 0 Å². The summed E-state index contributed by atoms with van der Waals surface area (Å²) in [5, 5.41) is 20.0. The Morgan fingerprint density at radius 1 is 1.56 bits per heavy atom. The highest BCUT2D eigenvalue weighted by Gasteiger charge is 2.14. The van der Waals surface area contributed by atoms with Crippen LogP contribution in [-0.4, -0.2) is 23.1 Å². The molecule has 0 aliphatic heterocycles. The average molecular weight is 248 g/mol. The van der Waals surface area contributed by atoms with Crippen LogP contribution in [0.15, 0.2) is 18.2 Å². The molecule has 1 aromatic rings. The van der Waals surface area contributed by atoms with Gasteiger partial charge in [-0.15, -0.1) is 6.42 Å². The lowest BCUT2D eigenvalue weighted by Crippen LogP contribution is -2.25. The van der Waals surface area contributed by atoms with E-state index in [1.165, 1.54) is 12.1 Å². The molecule has 1 aromatic carbocycles. The molecule has 0 aliphatic rings. The van der Waals surface area contributed by atoms with Crippen molar-refractivity contribution in [2.24, 2.45) is 0 Å². The van der Waals surface area contributed by atoms with Gasteiger partial charge in [0.15, 0.2) is 0 Å². The van der Waals surface area contributed by atoms with Gasteiger partial charge in [0.2, 0.25) is 0 Å². The molecule has 5 heteroatoms. The Hall–Kier alpha value is -2.06. The van der Waals surface area contributed by atoms with Gasteiger partial charge in [0.25, 0.3) is 5.69 Å². The minimum Gasteiger partial charge on any atom is -0.392 e. The molecule has 1 N–H and O–H groups in total. The maximum atomic E-state index is 10.7. The van der Waals surface area contributed by atoms with Crippen LogP contribution >= 0.6 is 0 Å². The van der Waals surface area contributed by atoms with Crippen LogP contribution < -0.4 is 4.90 Å². The first-order chi connectivity index (χ1) is 8.63. The number of aliphatic hydroxyl groups is 1. The third-order valence-corrected chi connectivity index (χ3v) is 2.56. The third kappa shape index (κ3) is 3.22. The second-order valence-electron chi connectivity index (χ2n) is 3.85. The Labute approximate surface area is 106 Å². The Kier molecular flexibility index (Phi) is 5.15. The van der Waals surface area contributed by atoms with Crippen LogP contribution in [0, 0.1) is 22.5 Å². The van der Waals surface area contributed by atoms with Gasteiger partial charge in [-0.05, 0) is 12.5 Å². The highest BCUT2D eigenvalue weighted by atomic mass is 16.6. The molecule has 0 bridgehead atoms. The predicted octanol–water partition coefficient (Wildman–Crippen LogP) is 1.94. The largest absolute Gasteiger partial charge is 0.392 e. The second-order valence-corrected chi connectivity index (χ2v) is 3.85. The Morgan fingerprint density at radius 2 is 2.28 bits per heavy atom. The molecule has 1 rings (SSSR count). The first-order valence-corrected chi connectivity index (χ1v) is 5.70. The molecule has 0 aromatic heterocycles. The summed E-state index contributed by atoms with van der Waals surface area (Å²) < 4.78 is 0. The lowest BCUT2D eigenvalue weighted by atomic mass is 10.1. The predicted molar refractivity (Wildman–Crippen MR) is 70.4 cm³/mol. The van der Waals surface area contributed by atoms with E-state index in [4.69, 9.17) is 6.42 Å². The van der Waals surface area contributed by atoms with Gasteiger partial charge in [0, 0.05) is 29.9 Å². The van der Waals surface area contributed by atoms with Crippen molar-refractivity contribution >= 4 is 11.4 Å². The van der Waals surface area contributed by atoms with Gasteiger partial charge in [-0.2, -0.15) is 0 Å². The summed E-state index contributed by atoms with van der Waals surface area (Å²) in [6.07, 6.45) is 6.21. The number of rotatable bonds is 6. The highest BCUT2D eigenvalue weighted by Crippen LogP contribution is 2.25. The van der Waals surface area contributed by atoms with Crippen LogP contribution in [-0.2, 0) is 6.61 Å². The van der Waals surface area contributed by atoms with Crippen molar-refractivity contribution in [1.82, 2.24) is 0 Å². The van der Waals surface area contributed by atoms with Gasteiger partial charge in [-0.25, -0.2) is 0 Å². The maximum Gasteiger partial charge on any atom is 0.269 e. The molecule has 0 spiro atoms. The quantitative estimate of drug-likeness (QED) is 0.474. The van der Waals surface area contributed by atoms with Crippen LogP contribution in [0.2, 0.25) is 0 Å². The highest BCUT2D eigenvalue weighted by molar-refractivity contribution is 5.58. The standard InChI is InChI=1S/C13H16N2O3/c1-3-7-14(8-4-2)13-6-5-12(15(17)18)9-11(13)10-16/h1,5-6,9,16H,4,7-8,10H2,2H3. The third-order valence-electron chi connectivity index (χ3n) is 2.56. The molecule has 18 heavy (non-hydrogen) atoms. The molecular weight excluding hydrogens is 232 g/mol. The van der Waals surface area contributed by atoms with E-state index >= 15 is 0 Å². The molecule has 0 heterocycles. The number of nitro groups is 1. The zero-order chi connectivity index (χ0) is 13.5. The fourth-order valence-electron chi connectivity index (χ4n) is 1.79. The monoisotopic (exact) mass is 248 g/mol. The number of nitrogens with zero attached hydrogens (tertiary/aromatic N) is 2. The van der Waals surface area contributed by atoms with Crippen molar-refractivity contribution in [2.45, 2.75) is 20.0 Å². The molecule has 5 nitrogen and oxygen atoms in total. The van der Waals surface area contributed by atoms with E-state index < -0.39 is 4.92 Å². The number of terminal acetylenes is 1. The minimum absolute atomic E-state index is 0.0278. The molecule has 0 fully saturated rings. The lowest BCUT2D eigenvalue weighted by molar-refractivity contribution is -0.384. The zero-order valence-electron chi connectivity index (χ0n) is 10.3. The molecule has 0 aliphatic carbocycles. The first-order valence-electron chi connectivity index (χ1n) is 5.70. The molecule has 0 saturated carbocycles. The topological polar surface area (TPSA) is 66.6 Å². The molecule has 0 atom stereocenters. The van der Waals surface area contributed by atoms with Crippen molar-refractivity contribution in [3.05, 3.63) is 33.9 Å². The second kappa shape index (κ2) is 6.62. The van der Waals surface area contributed by atoms with Gasteiger partial charge in [0.1, 0.15) is 0 Å². The van der Waals surface area contributed by atoms with Gasteiger partial charge in [0.05, 0.1) is 18.1 Å². The van der Waals surface area contributed by atoms with Crippen molar-refractivity contribution in [3.8, 4) is 12.3 Å². The molecule has 0 saturated heterocycles. The summed E-state index contributed by atoms with van der Waals surface area (Å²) in [6, 6.07) is 4.44. The maximum absolute atomic E-state index is 10.7. The molecule has 0 unspecified atom stereocenters. The van der Waals surface area contributed by atoms with E-state index in [0.717, 1.165) is 18.7 Å². The van der Waals surface area contributed by atoms with Crippen molar-refractivity contribution in [2.75, 3.05) is 18.0 Å². The van der Waals surface area contributed by atoms with Gasteiger partial charge < -0.3 is 10.0 Å². The normalized spacial score (nSPS) is 9.83. The van der Waals surface area contributed by atoms with Crippen LogP contribution in [0.1, 0.15) is 18.9 Å². The van der Waals surface area contributed by atoms with E-state index in [-0.39, 0.29) is 12.3 Å². The van der Waals surface area contributed by atoms with E-state index in [0.29, 0.717) is 12.1 Å². The number of benzene rings is 1. The Morgan fingerprint density at radius 3 is 2.78 bits per heavy atom. The Balaban J connectivity index is 3.13. The van der Waals surface area contributed by atoms with E-state index in [1.807, 2.05) is 11.8 Å². The number of aliphatic hydroxyl groups excluding tert-OH is 1. The lowest BCUT2D eigenvalue weighted by Gasteiger charge is -2.24. The number of hydrogen-bond acceptors (Lipinski definition) is 4. The summed E-state index contributed by atoms with van der Waals surface area (Å²) in [6.45, 7) is 2.93. The molecule has 96 valence electrons. The minimum atomic E-state index is -0.478. The van der Waals surface area contributed by atoms with Crippen molar-refractivity contribution in [1.29, 1.82) is 0 Å². The van der Waals surface area contributed by atoms with Crippen molar-refractivity contribution in [3.63, 3.8) is 0 Å².